The number of nitrogens with zero attached hydrogens (tertiary/aromatic N) is 3. The Kier molecular flexibility index (Phi) is 6.26. The van der Waals surface area contributed by atoms with Crippen LogP contribution in [0.1, 0.15) is 28.9 Å². The number of likely N-dealkylation sites (tertiary alicyclic amines) is 1. The van der Waals surface area contributed by atoms with Crippen LogP contribution in [-0.4, -0.2) is 52.1 Å². The van der Waals surface area contributed by atoms with Crippen LogP contribution < -0.4 is 10.1 Å². The van der Waals surface area contributed by atoms with Crippen LogP contribution in [0.4, 0.5) is 0 Å². The number of carbonyl (C=O) groups is 2. The molecular weight excluding hydrogens is 394 g/mol. The third kappa shape index (κ3) is 4.91. The van der Waals surface area contributed by atoms with E-state index in [2.05, 4.69) is 20.5 Å². The molecule has 3 heterocycles. The molecule has 2 aromatic heterocycles. The largest absolute Gasteiger partial charge is 0.497 e. The van der Waals surface area contributed by atoms with Crippen LogP contribution in [0.3, 0.4) is 0 Å². The van der Waals surface area contributed by atoms with E-state index in [1.165, 1.54) is 0 Å². The Morgan fingerprint density at radius 3 is 2.77 bits per heavy atom. The lowest BCUT2D eigenvalue weighted by atomic mass is 9.96. The number of rotatable bonds is 6. The number of H-pyrrole nitrogens is 1. The van der Waals surface area contributed by atoms with E-state index in [0.29, 0.717) is 36.7 Å². The molecule has 1 aliphatic heterocycles. The number of aromatic nitrogens is 3. The van der Waals surface area contributed by atoms with Crippen LogP contribution in [0.2, 0.25) is 0 Å². The van der Waals surface area contributed by atoms with E-state index in [1.54, 1.807) is 24.3 Å². The van der Waals surface area contributed by atoms with Crippen LogP contribution in [-0.2, 0) is 11.3 Å². The number of aromatic amines is 1. The van der Waals surface area contributed by atoms with Crippen LogP contribution in [0.25, 0.3) is 11.4 Å². The molecule has 0 spiro atoms. The standard InChI is InChI=1S/C23H25N5O3/c1-31-18-9-7-16(8-10-18)14-25-22(29)17-5-4-12-28(15-17)23(30)21-13-20(26-27-21)19-6-2-3-11-24-19/h2-3,6-11,13,17H,4-5,12,14-15H2,1H3,(H,25,29)(H,26,27)/t17-/m0/s1. The number of piperidine rings is 1. The molecule has 4 rings (SSSR count). The van der Waals surface area contributed by atoms with Crippen molar-refractivity contribution in [2.75, 3.05) is 20.2 Å². The lowest BCUT2D eigenvalue weighted by molar-refractivity contribution is -0.126. The molecule has 0 unspecified atom stereocenters. The summed E-state index contributed by atoms with van der Waals surface area (Å²) in [5, 5.41) is 10.0. The maximum absolute atomic E-state index is 12.9. The van der Waals surface area contributed by atoms with E-state index in [0.717, 1.165) is 24.2 Å². The summed E-state index contributed by atoms with van der Waals surface area (Å²) in [5.74, 6) is 0.366. The first kappa shape index (κ1) is 20.6. The Labute approximate surface area is 180 Å². The number of ether oxygens (including phenoxy) is 1. The normalized spacial score (nSPS) is 16.0. The predicted molar refractivity (Wildman–Crippen MR) is 115 cm³/mol. The smallest absolute Gasteiger partial charge is 0.271 e. The molecule has 1 saturated heterocycles. The van der Waals surface area contributed by atoms with Crippen molar-refractivity contribution in [3.05, 3.63) is 66.0 Å². The van der Waals surface area contributed by atoms with Gasteiger partial charge >= 0.3 is 0 Å². The van der Waals surface area contributed by atoms with E-state index in [-0.39, 0.29) is 17.7 Å². The fourth-order valence-electron chi connectivity index (χ4n) is 3.70. The zero-order valence-corrected chi connectivity index (χ0v) is 17.4. The number of carbonyl (C=O) groups excluding carboxylic acids is 2. The fraction of sp³-hybridized carbons (Fsp3) is 0.304. The van der Waals surface area contributed by atoms with Crippen LogP contribution >= 0.6 is 0 Å². The van der Waals surface area contributed by atoms with Crippen molar-refractivity contribution in [1.29, 1.82) is 0 Å². The van der Waals surface area contributed by atoms with Crippen LogP contribution in [0, 0.1) is 5.92 Å². The Morgan fingerprint density at radius 1 is 1.19 bits per heavy atom. The summed E-state index contributed by atoms with van der Waals surface area (Å²) < 4.78 is 5.15. The van der Waals surface area contributed by atoms with Gasteiger partial charge in [-0.3, -0.25) is 19.7 Å². The quantitative estimate of drug-likeness (QED) is 0.640. The second-order valence-electron chi connectivity index (χ2n) is 7.54. The summed E-state index contributed by atoms with van der Waals surface area (Å²) in [6.07, 6.45) is 3.24. The highest BCUT2D eigenvalue weighted by molar-refractivity contribution is 5.93. The lowest BCUT2D eigenvalue weighted by Crippen LogP contribution is -2.45. The molecule has 1 atom stereocenters. The van der Waals surface area contributed by atoms with Crippen molar-refractivity contribution in [1.82, 2.24) is 25.4 Å². The number of hydrogen-bond donors (Lipinski definition) is 2. The zero-order valence-electron chi connectivity index (χ0n) is 17.4. The van der Waals surface area contributed by atoms with Crippen molar-refractivity contribution in [2.45, 2.75) is 19.4 Å². The fourth-order valence-corrected chi connectivity index (χ4v) is 3.70. The number of methoxy groups -OCH3 is 1. The van der Waals surface area contributed by atoms with Gasteiger partial charge in [0.2, 0.25) is 5.91 Å². The first-order valence-corrected chi connectivity index (χ1v) is 10.3. The highest BCUT2D eigenvalue weighted by atomic mass is 16.5. The molecule has 1 aromatic carbocycles. The van der Waals surface area contributed by atoms with Gasteiger partial charge in [0.05, 0.1) is 18.7 Å². The monoisotopic (exact) mass is 419 g/mol. The van der Waals surface area contributed by atoms with Gasteiger partial charge in [-0.05, 0) is 48.7 Å². The van der Waals surface area contributed by atoms with Gasteiger partial charge in [0.15, 0.2) is 0 Å². The molecule has 0 aliphatic carbocycles. The number of nitrogens with one attached hydrogen (secondary N) is 2. The van der Waals surface area contributed by atoms with Gasteiger partial charge in [-0.2, -0.15) is 5.10 Å². The second-order valence-corrected chi connectivity index (χ2v) is 7.54. The zero-order chi connectivity index (χ0) is 21.6. The van der Waals surface area contributed by atoms with E-state index in [9.17, 15) is 9.59 Å². The first-order chi connectivity index (χ1) is 15.1. The van der Waals surface area contributed by atoms with Crippen LogP contribution in [0.15, 0.2) is 54.7 Å². The molecule has 2 amide bonds. The van der Waals surface area contributed by atoms with Gasteiger partial charge in [-0.15, -0.1) is 0 Å². The van der Waals surface area contributed by atoms with E-state index >= 15 is 0 Å². The van der Waals surface area contributed by atoms with Gasteiger partial charge in [0.1, 0.15) is 17.1 Å². The van der Waals surface area contributed by atoms with Gasteiger partial charge in [-0.1, -0.05) is 18.2 Å². The van der Waals surface area contributed by atoms with Crippen molar-refractivity contribution in [3.8, 4) is 17.1 Å². The Bertz CT molecular complexity index is 1030. The third-order valence-electron chi connectivity index (χ3n) is 5.44. The van der Waals surface area contributed by atoms with Crippen molar-refractivity contribution in [3.63, 3.8) is 0 Å². The van der Waals surface area contributed by atoms with E-state index < -0.39 is 0 Å². The summed E-state index contributed by atoms with van der Waals surface area (Å²) in [7, 11) is 1.62. The maximum Gasteiger partial charge on any atom is 0.271 e. The molecule has 2 N–H and O–H groups in total. The summed E-state index contributed by atoms with van der Waals surface area (Å²) in [6, 6.07) is 14.8. The Morgan fingerprint density at radius 2 is 2.03 bits per heavy atom. The molecular formula is C23H25N5O3. The number of hydrogen-bond acceptors (Lipinski definition) is 5. The number of pyridine rings is 1. The summed E-state index contributed by atoms with van der Waals surface area (Å²) in [6.45, 7) is 1.46. The summed E-state index contributed by atoms with van der Waals surface area (Å²) >= 11 is 0. The molecule has 3 aromatic rings. The van der Waals surface area contributed by atoms with Gasteiger partial charge < -0.3 is 15.0 Å². The minimum absolute atomic E-state index is 0.0351. The number of benzene rings is 1. The average Bonchev–Trinajstić information content (AvgIpc) is 3.33. The Balaban J connectivity index is 1.34. The lowest BCUT2D eigenvalue weighted by Gasteiger charge is -2.31. The molecule has 0 radical (unpaired) electrons. The molecule has 1 aliphatic rings. The molecule has 1 fully saturated rings. The minimum atomic E-state index is -0.228. The van der Waals surface area contributed by atoms with Crippen molar-refractivity contribution in [2.24, 2.45) is 5.92 Å². The second kappa shape index (κ2) is 9.42. The van der Waals surface area contributed by atoms with Gasteiger partial charge in [0, 0.05) is 25.8 Å². The molecule has 0 bridgehead atoms. The van der Waals surface area contributed by atoms with Gasteiger partial charge in [-0.25, -0.2) is 0 Å². The minimum Gasteiger partial charge on any atom is -0.497 e. The summed E-state index contributed by atoms with van der Waals surface area (Å²) in [5.41, 5.74) is 2.72. The SMILES string of the molecule is COc1ccc(CNC(=O)[C@H]2CCCN(C(=O)c3cc(-c4ccccn4)n[nH]3)C2)cc1. The maximum atomic E-state index is 12.9. The number of amides is 2. The molecule has 8 nitrogen and oxygen atoms in total. The first-order valence-electron chi connectivity index (χ1n) is 10.3. The predicted octanol–water partition coefficient (Wildman–Crippen LogP) is 2.65. The van der Waals surface area contributed by atoms with Crippen LogP contribution in [0.5, 0.6) is 5.75 Å². The Hall–Kier alpha value is -3.68. The molecule has 160 valence electrons. The van der Waals surface area contributed by atoms with E-state index in [1.807, 2.05) is 42.5 Å². The average molecular weight is 419 g/mol. The van der Waals surface area contributed by atoms with Crippen molar-refractivity contribution >= 4 is 11.8 Å². The van der Waals surface area contributed by atoms with Crippen molar-refractivity contribution < 1.29 is 14.3 Å². The summed E-state index contributed by atoms with van der Waals surface area (Å²) in [4.78, 5) is 31.6. The topological polar surface area (TPSA) is 100 Å². The third-order valence-corrected chi connectivity index (χ3v) is 5.44. The van der Waals surface area contributed by atoms with Gasteiger partial charge in [0.25, 0.3) is 5.91 Å². The highest BCUT2D eigenvalue weighted by Crippen LogP contribution is 2.21. The van der Waals surface area contributed by atoms with E-state index in [4.69, 9.17) is 4.74 Å². The molecule has 0 saturated carbocycles. The highest BCUT2D eigenvalue weighted by Gasteiger charge is 2.29. The molecule has 31 heavy (non-hydrogen) atoms. The molecule has 8 heteroatoms.